The normalized spacial score (nSPS) is 12.2. The van der Waals surface area contributed by atoms with Crippen molar-refractivity contribution in [2.45, 2.75) is 26.3 Å². The van der Waals surface area contributed by atoms with Gasteiger partial charge in [-0.2, -0.15) is 0 Å². The highest BCUT2D eigenvalue weighted by Crippen LogP contribution is 2.22. The number of non-ortho nitro benzene ring substituents is 1. The van der Waals surface area contributed by atoms with Crippen LogP contribution in [0.4, 0.5) is 11.4 Å². The molecule has 0 amide bonds. The summed E-state index contributed by atoms with van der Waals surface area (Å²) in [5.74, 6) is 0. The average molecular weight is 224 g/mol. The van der Waals surface area contributed by atoms with Crippen molar-refractivity contribution in [3.8, 4) is 0 Å². The quantitative estimate of drug-likeness (QED) is 0.593. The molecule has 1 aromatic rings. The van der Waals surface area contributed by atoms with E-state index in [4.69, 9.17) is 5.11 Å². The van der Waals surface area contributed by atoms with E-state index in [2.05, 4.69) is 5.32 Å². The molecule has 5 heteroatoms. The number of nitrogens with zero attached hydrogens (tertiary/aromatic N) is 1. The molecule has 5 nitrogen and oxygen atoms in total. The van der Waals surface area contributed by atoms with Gasteiger partial charge >= 0.3 is 0 Å². The van der Waals surface area contributed by atoms with Gasteiger partial charge in [-0.25, -0.2) is 0 Å². The second-order valence-electron chi connectivity index (χ2n) is 3.69. The number of rotatable bonds is 5. The van der Waals surface area contributed by atoms with E-state index >= 15 is 0 Å². The van der Waals surface area contributed by atoms with Crippen molar-refractivity contribution in [2.24, 2.45) is 0 Å². The summed E-state index contributed by atoms with van der Waals surface area (Å²) in [4.78, 5) is 10.1. The van der Waals surface area contributed by atoms with Crippen molar-refractivity contribution in [1.82, 2.24) is 0 Å². The van der Waals surface area contributed by atoms with E-state index in [9.17, 15) is 10.1 Å². The van der Waals surface area contributed by atoms with E-state index in [-0.39, 0.29) is 18.3 Å². The average Bonchev–Trinajstić information content (AvgIpc) is 2.27. The van der Waals surface area contributed by atoms with Crippen LogP contribution in [0.25, 0.3) is 0 Å². The summed E-state index contributed by atoms with van der Waals surface area (Å²) >= 11 is 0. The number of nitro groups is 1. The van der Waals surface area contributed by atoms with Gasteiger partial charge < -0.3 is 10.4 Å². The van der Waals surface area contributed by atoms with E-state index in [0.717, 1.165) is 17.7 Å². The van der Waals surface area contributed by atoms with Gasteiger partial charge in [-0.15, -0.1) is 0 Å². The lowest BCUT2D eigenvalue weighted by Gasteiger charge is -2.17. The Morgan fingerprint density at radius 1 is 1.56 bits per heavy atom. The Labute approximate surface area is 94.3 Å². The predicted molar refractivity (Wildman–Crippen MR) is 62.6 cm³/mol. The molecule has 0 aliphatic carbocycles. The number of hydrogen-bond acceptors (Lipinski definition) is 4. The van der Waals surface area contributed by atoms with Crippen molar-refractivity contribution < 1.29 is 10.0 Å². The van der Waals surface area contributed by atoms with Crippen LogP contribution < -0.4 is 5.32 Å². The van der Waals surface area contributed by atoms with Gasteiger partial charge in [0.25, 0.3) is 5.69 Å². The first-order chi connectivity index (χ1) is 7.58. The molecule has 0 aliphatic rings. The lowest BCUT2D eigenvalue weighted by Crippen LogP contribution is -2.22. The molecule has 0 bridgehead atoms. The zero-order valence-corrected chi connectivity index (χ0v) is 9.43. The molecule has 0 spiro atoms. The molecule has 1 atom stereocenters. The molecule has 0 radical (unpaired) electrons. The Balaban J connectivity index is 2.86. The Hall–Kier alpha value is -1.62. The summed E-state index contributed by atoms with van der Waals surface area (Å²) in [5, 5.41) is 22.7. The highest BCUT2D eigenvalue weighted by molar-refractivity contribution is 5.55. The predicted octanol–water partition coefficient (Wildman–Crippen LogP) is 2.09. The maximum atomic E-state index is 10.5. The molecule has 0 saturated heterocycles. The van der Waals surface area contributed by atoms with E-state index < -0.39 is 4.92 Å². The highest BCUT2D eigenvalue weighted by Gasteiger charge is 2.10. The van der Waals surface area contributed by atoms with Crippen molar-refractivity contribution in [3.63, 3.8) is 0 Å². The van der Waals surface area contributed by atoms with E-state index in [1.54, 1.807) is 13.0 Å². The van der Waals surface area contributed by atoms with Crippen LogP contribution in [-0.2, 0) is 0 Å². The van der Waals surface area contributed by atoms with Gasteiger partial charge in [-0.3, -0.25) is 10.1 Å². The summed E-state index contributed by atoms with van der Waals surface area (Å²) in [6.07, 6.45) is 0.799. The molecule has 16 heavy (non-hydrogen) atoms. The Morgan fingerprint density at radius 2 is 2.25 bits per heavy atom. The van der Waals surface area contributed by atoms with Gasteiger partial charge in [-0.05, 0) is 25.0 Å². The molecular weight excluding hydrogens is 208 g/mol. The lowest BCUT2D eigenvalue weighted by molar-refractivity contribution is -0.384. The molecule has 1 aromatic carbocycles. The van der Waals surface area contributed by atoms with E-state index in [1.807, 2.05) is 6.92 Å². The third kappa shape index (κ3) is 2.93. The van der Waals surface area contributed by atoms with E-state index in [0.29, 0.717) is 0 Å². The smallest absolute Gasteiger partial charge is 0.269 e. The number of benzene rings is 1. The third-order valence-electron chi connectivity index (χ3n) is 2.49. The molecule has 0 saturated carbocycles. The number of anilines is 1. The molecule has 0 fully saturated rings. The van der Waals surface area contributed by atoms with Crippen LogP contribution >= 0.6 is 0 Å². The van der Waals surface area contributed by atoms with Crippen molar-refractivity contribution >= 4 is 11.4 Å². The Morgan fingerprint density at radius 3 is 2.69 bits per heavy atom. The SMILES string of the molecule is CCC(CO)Nc1ccc([N+](=O)[O-])cc1C. The van der Waals surface area contributed by atoms with Gasteiger partial charge in [0.15, 0.2) is 0 Å². The number of aliphatic hydroxyl groups excluding tert-OH is 1. The molecule has 0 heterocycles. The largest absolute Gasteiger partial charge is 0.394 e. The topological polar surface area (TPSA) is 75.4 Å². The molecule has 0 aliphatic heterocycles. The number of hydrogen-bond donors (Lipinski definition) is 2. The van der Waals surface area contributed by atoms with Gasteiger partial charge in [0.1, 0.15) is 0 Å². The minimum Gasteiger partial charge on any atom is -0.394 e. The first-order valence-electron chi connectivity index (χ1n) is 5.21. The summed E-state index contributed by atoms with van der Waals surface area (Å²) in [5.41, 5.74) is 1.72. The number of nitrogens with one attached hydrogen (secondary N) is 1. The Bertz CT molecular complexity index is 375. The maximum Gasteiger partial charge on any atom is 0.269 e. The fraction of sp³-hybridized carbons (Fsp3) is 0.455. The first-order valence-corrected chi connectivity index (χ1v) is 5.21. The van der Waals surface area contributed by atoms with Crippen molar-refractivity contribution in [1.29, 1.82) is 0 Å². The zero-order chi connectivity index (χ0) is 12.1. The lowest BCUT2D eigenvalue weighted by atomic mass is 10.1. The van der Waals surface area contributed by atoms with Crippen molar-refractivity contribution in [3.05, 3.63) is 33.9 Å². The maximum absolute atomic E-state index is 10.5. The van der Waals surface area contributed by atoms with Crippen LogP contribution in [0.3, 0.4) is 0 Å². The van der Waals surface area contributed by atoms with Gasteiger partial charge in [0.2, 0.25) is 0 Å². The summed E-state index contributed by atoms with van der Waals surface area (Å²) in [7, 11) is 0. The van der Waals surface area contributed by atoms with Gasteiger partial charge in [-0.1, -0.05) is 6.92 Å². The van der Waals surface area contributed by atoms with Crippen LogP contribution in [0.5, 0.6) is 0 Å². The van der Waals surface area contributed by atoms with Crippen LogP contribution in [0, 0.1) is 17.0 Å². The molecule has 1 unspecified atom stereocenters. The van der Waals surface area contributed by atoms with Gasteiger partial charge in [0.05, 0.1) is 11.5 Å². The zero-order valence-electron chi connectivity index (χ0n) is 9.43. The van der Waals surface area contributed by atoms with E-state index in [1.165, 1.54) is 12.1 Å². The molecular formula is C11H16N2O3. The number of nitro benzene ring substituents is 1. The summed E-state index contributed by atoms with van der Waals surface area (Å²) < 4.78 is 0. The standard InChI is InChI=1S/C11H16N2O3/c1-3-9(7-14)12-11-5-4-10(13(15)16)6-8(11)2/h4-6,9,12,14H,3,7H2,1-2H3. The number of aliphatic hydroxyl groups is 1. The minimum atomic E-state index is -0.417. The van der Waals surface area contributed by atoms with Crippen LogP contribution in [0.2, 0.25) is 0 Å². The minimum absolute atomic E-state index is 0.0137. The van der Waals surface area contributed by atoms with Crippen LogP contribution in [-0.4, -0.2) is 22.7 Å². The molecule has 88 valence electrons. The van der Waals surface area contributed by atoms with Crippen molar-refractivity contribution in [2.75, 3.05) is 11.9 Å². The summed E-state index contributed by atoms with van der Waals surface area (Å²) in [6.45, 7) is 3.82. The first kappa shape index (κ1) is 12.4. The molecule has 2 N–H and O–H groups in total. The number of aryl methyl sites for hydroxylation is 1. The van der Waals surface area contributed by atoms with Crippen LogP contribution in [0.1, 0.15) is 18.9 Å². The summed E-state index contributed by atoms with van der Waals surface area (Å²) in [6, 6.07) is 4.64. The molecule has 1 rings (SSSR count). The van der Waals surface area contributed by atoms with Crippen LogP contribution in [0.15, 0.2) is 18.2 Å². The monoisotopic (exact) mass is 224 g/mol. The third-order valence-corrected chi connectivity index (χ3v) is 2.49. The highest BCUT2D eigenvalue weighted by atomic mass is 16.6. The second kappa shape index (κ2) is 5.46. The second-order valence-corrected chi connectivity index (χ2v) is 3.69. The fourth-order valence-electron chi connectivity index (χ4n) is 1.42. The Kier molecular flexibility index (Phi) is 4.25. The fourth-order valence-corrected chi connectivity index (χ4v) is 1.42. The van der Waals surface area contributed by atoms with Gasteiger partial charge in [0, 0.05) is 23.9 Å². The molecule has 0 aromatic heterocycles.